The Morgan fingerprint density at radius 1 is 1.67 bits per heavy atom. The van der Waals surface area contributed by atoms with Crippen LogP contribution >= 0.6 is 0 Å². The number of hydrogen-bond donors (Lipinski definition) is 0. The van der Waals surface area contributed by atoms with Crippen LogP contribution in [0, 0.1) is 0 Å². The molecule has 0 N–H and O–H groups in total. The summed E-state index contributed by atoms with van der Waals surface area (Å²) in [6, 6.07) is 1.37. The number of esters is 1. The summed E-state index contributed by atoms with van der Waals surface area (Å²) in [5, 5.41) is 0. The highest BCUT2D eigenvalue weighted by atomic mass is 29.5. The van der Waals surface area contributed by atoms with Gasteiger partial charge in [0.15, 0.2) is 0 Å². The highest BCUT2D eigenvalue weighted by Gasteiger charge is 2.01. The van der Waals surface area contributed by atoms with E-state index in [-0.39, 0.29) is 5.97 Å². The lowest BCUT2D eigenvalue weighted by molar-refractivity contribution is -0.138. The van der Waals surface area contributed by atoms with Crippen molar-refractivity contribution in [3.05, 3.63) is 12.2 Å². The van der Waals surface area contributed by atoms with Gasteiger partial charge in [0.25, 0.3) is 0 Å². The van der Waals surface area contributed by atoms with Gasteiger partial charge in [-0.05, 0) is 31.7 Å². The van der Waals surface area contributed by atoms with Gasteiger partial charge in [-0.3, -0.25) is 0 Å². The topological polar surface area (TPSA) is 26.3 Å². The second-order valence-electron chi connectivity index (χ2n) is 2.98. The van der Waals surface area contributed by atoms with E-state index >= 15 is 0 Å². The van der Waals surface area contributed by atoms with Gasteiger partial charge >= 0.3 is 5.97 Å². The van der Waals surface area contributed by atoms with Crippen LogP contribution in [0.3, 0.4) is 0 Å². The largest absolute Gasteiger partial charge is 0.462 e. The maximum atomic E-state index is 10.9. The third-order valence-electron chi connectivity index (χ3n) is 1.58. The normalized spacial score (nSPS) is 11.8. The fourth-order valence-corrected chi connectivity index (χ4v) is 8.94. The molecule has 0 aliphatic carbocycles. The van der Waals surface area contributed by atoms with Crippen molar-refractivity contribution >= 4 is 33.3 Å². The van der Waals surface area contributed by atoms with Crippen LogP contribution < -0.4 is 0 Å². The van der Waals surface area contributed by atoms with Crippen molar-refractivity contribution in [1.82, 2.24) is 0 Å². The van der Waals surface area contributed by atoms with Crippen LogP contribution in [-0.4, -0.2) is 39.9 Å². The summed E-state index contributed by atoms with van der Waals surface area (Å²) in [6.07, 6.45) is 1.08. The summed E-state index contributed by atoms with van der Waals surface area (Å²) in [5.74, 6) is -0.236. The van der Waals surface area contributed by atoms with Crippen molar-refractivity contribution in [2.24, 2.45) is 0 Å². The first-order chi connectivity index (χ1) is 5.68. The standard InChI is InChI=1S/C7H18O2Si3/c1-6(2)7(8)9-4-3-5-11-12-10/h1,3-5,11-12H2,2,10H3. The molecule has 0 unspecified atom stereocenters. The van der Waals surface area contributed by atoms with Crippen LogP contribution in [0.25, 0.3) is 0 Å². The molecule has 5 heteroatoms. The summed E-state index contributed by atoms with van der Waals surface area (Å²) in [6.45, 7) is 5.80. The quantitative estimate of drug-likeness (QED) is 0.233. The number of carbonyl (C=O) groups excluding carboxylic acids is 1. The first-order valence-electron chi connectivity index (χ1n) is 4.51. The van der Waals surface area contributed by atoms with Crippen LogP contribution in [0.1, 0.15) is 13.3 Å². The van der Waals surface area contributed by atoms with Crippen LogP contribution in [0.5, 0.6) is 0 Å². The lowest BCUT2D eigenvalue weighted by atomic mass is 10.4. The molecule has 70 valence electrons. The van der Waals surface area contributed by atoms with Crippen molar-refractivity contribution in [3.63, 3.8) is 0 Å². The van der Waals surface area contributed by atoms with Crippen LogP contribution in [0.4, 0.5) is 0 Å². The number of carbonyl (C=O) groups is 1. The molecule has 0 aromatic heterocycles. The van der Waals surface area contributed by atoms with E-state index in [1.54, 1.807) is 6.92 Å². The Hall–Kier alpha value is -0.139. The van der Waals surface area contributed by atoms with Crippen molar-refractivity contribution in [2.75, 3.05) is 6.61 Å². The Balaban J connectivity index is 3.20. The maximum Gasteiger partial charge on any atom is 0.333 e. The summed E-state index contributed by atoms with van der Waals surface area (Å²) in [7, 11) is 2.29. The molecule has 0 spiro atoms. The van der Waals surface area contributed by atoms with E-state index in [4.69, 9.17) is 4.74 Å². The van der Waals surface area contributed by atoms with E-state index in [1.165, 1.54) is 15.8 Å². The van der Waals surface area contributed by atoms with E-state index < -0.39 is 0 Å². The molecule has 0 heterocycles. The molecule has 0 saturated carbocycles. The molecule has 0 amide bonds. The first-order valence-corrected chi connectivity index (χ1v) is 15.2. The monoisotopic (exact) mass is 218 g/mol. The maximum absolute atomic E-state index is 10.9. The highest BCUT2D eigenvalue weighted by molar-refractivity contribution is 7.23. The van der Waals surface area contributed by atoms with E-state index in [0.29, 0.717) is 29.8 Å². The van der Waals surface area contributed by atoms with Crippen molar-refractivity contribution in [2.45, 2.75) is 19.4 Å². The zero-order valence-corrected chi connectivity index (χ0v) is 12.9. The van der Waals surface area contributed by atoms with Crippen LogP contribution in [-0.2, 0) is 9.53 Å². The Kier molecular flexibility index (Phi) is 7.42. The third-order valence-corrected chi connectivity index (χ3v) is 13.3. The first kappa shape index (κ1) is 11.9. The van der Waals surface area contributed by atoms with Gasteiger partial charge in [0.05, 0.1) is 6.61 Å². The van der Waals surface area contributed by atoms with Gasteiger partial charge in [-0.2, -0.15) is 0 Å². The summed E-state index contributed by atoms with van der Waals surface area (Å²) < 4.78 is 4.96. The molecule has 0 atom stereocenters. The Morgan fingerprint density at radius 2 is 2.33 bits per heavy atom. The second-order valence-corrected chi connectivity index (χ2v) is 19.5. The van der Waals surface area contributed by atoms with Gasteiger partial charge in [-0.15, -0.1) is 0 Å². The predicted octanol–water partition coefficient (Wildman–Crippen LogP) is -1.55. The lowest BCUT2D eigenvalue weighted by Crippen LogP contribution is -2.08. The molecule has 0 bridgehead atoms. The number of ether oxygens (including phenoxy) is 1. The molecule has 0 aromatic carbocycles. The van der Waals surface area contributed by atoms with Crippen molar-refractivity contribution in [3.8, 4) is 0 Å². The van der Waals surface area contributed by atoms with Crippen LogP contribution in [0.2, 0.25) is 6.04 Å². The summed E-state index contributed by atoms with van der Waals surface area (Å²) in [4.78, 5) is 10.9. The average Bonchev–Trinajstić information content (AvgIpc) is 2.03. The van der Waals surface area contributed by atoms with Crippen molar-refractivity contribution in [1.29, 1.82) is 0 Å². The minimum Gasteiger partial charge on any atom is -0.462 e. The van der Waals surface area contributed by atoms with E-state index in [2.05, 4.69) is 6.58 Å². The van der Waals surface area contributed by atoms with Gasteiger partial charge in [-0.25, -0.2) is 4.79 Å². The number of rotatable bonds is 6. The molecule has 0 aromatic rings. The summed E-state index contributed by atoms with van der Waals surface area (Å²) in [5.41, 5.74) is 0.504. The Bertz CT molecular complexity index is 159. The second kappa shape index (κ2) is 7.51. The lowest BCUT2D eigenvalue weighted by Gasteiger charge is -2.02. The smallest absolute Gasteiger partial charge is 0.333 e. The third kappa shape index (κ3) is 6.56. The van der Waals surface area contributed by atoms with E-state index in [9.17, 15) is 4.79 Å². The molecule has 0 fully saturated rings. The fraction of sp³-hybridized carbons (Fsp3) is 0.571. The van der Waals surface area contributed by atoms with Gasteiger partial charge in [0.2, 0.25) is 0 Å². The van der Waals surface area contributed by atoms with Gasteiger partial charge in [-0.1, -0.05) is 12.6 Å². The summed E-state index contributed by atoms with van der Waals surface area (Å²) >= 11 is 0. The molecule has 0 aliphatic heterocycles. The highest BCUT2D eigenvalue weighted by Crippen LogP contribution is 1.95. The fourth-order valence-electron chi connectivity index (χ4n) is 0.817. The van der Waals surface area contributed by atoms with E-state index in [1.807, 2.05) is 0 Å². The predicted molar refractivity (Wildman–Crippen MR) is 62.2 cm³/mol. The van der Waals surface area contributed by atoms with Gasteiger partial charge in [0.1, 0.15) is 0 Å². The zero-order chi connectivity index (χ0) is 9.40. The van der Waals surface area contributed by atoms with Crippen molar-refractivity contribution < 1.29 is 9.53 Å². The molecule has 0 saturated heterocycles. The van der Waals surface area contributed by atoms with Crippen LogP contribution in [0.15, 0.2) is 12.2 Å². The van der Waals surface area contributed by atoms with E-state index in [0.717, 1.165) is 6.42 Å². The Morgan fingerprint density at radius 3 is 2.83 bits per heavy atom. The van der Waals surface area contributed by atoms with Gasteiger partial charge in [0, 0.05) is 14.6 Å². The average molecular weight is 218 g/mol. The molecule has 0 radical (unpaired) electrons. The molecular formula is C7H18O2Si3. The van der Waals surface area contributed by atoms with Gasteiger partial charge < -0.3 is 4.74 Å². The SMILES string of the molecule is C=C(C)C(=O)OCCC[SiH2][SiH2][SiH3]. The molecule has 12 heavy (non-hydrogen) atoms. The molecule has 2 nitrogen and oxygen atoms in total. The Labute approximate surface area is 81.4 Å². The molecular weight excluding hydrogens is 200 g/mol. The molecule has 0 aliphatic rings. The minimum atomic E-state index is -0.236. The zero-order valence-electron chi connectivity index (χ0n) is 8.06. The minimum absolute atomic E-state index is 0.236. The number of hydrogen-bond acceptors (Lipinski definition) is 2. The molecule has 0 rings (SSSR count).